The molecular formula is C13H18BrN. The van der Waals surface area contributed by atoms with Crippen LogP contribution in [0.3, 0.4) is 0 Å². The smallest absolute Gasteiger partial charge is 0.0520 e. The highest BCUT2D eigenvalue weighted by molar-refractivity contribution is 9.10. The zero-order chi connectivity index (χ0) is 11.1. The van der Waals surface area contributed by atoms with Gasteiger partial charge in [0.2, 0.25) is 0 Å². The van der Waals surface area contributed by atoms with Crippen molar-refractivity contribution in [2.24, 2.45) is 5.41 Å². The van der Waals surface area contributed by atoms with E-state index in [1.54, 1.807) is 0 Å². The van der Waals surface area contributed by atoms with Crippen LogP contribution in [0.5, 0.6) is 0 Å². The Morgan fingerprint density at radius 3 is 2.80 bits per heavy atom. The van der Waals surface area contributed by atoms with E-state index in [1.807, 2.05) is 0 Å². The Labute approximate surface area is 100 Å². The van der Waals surface area contributed by atoms with Gasteiger partial charge >= 0.3 is 0 Å². The van der Waals surface area contributed by atoms with Crippen LogP contribution in [0.4, 0.5) is 5.69 Å². The Balaban J connectivity index is 2.26. The van der Waals surface area contributed by atoms with Gasteiger partial charge in [-0.15, -0.1) is 0 Å². The summed E-state index contributed by atoms with van der Waals surface area (Å²) in [7, 11) is 0. The molecule has 1 atom stereocenters. The van der Waals surface area contributed by atoms with Crippen LogP contribution in [0.1, 0.15) is 38.7 Å². The summed E-state index contributed by atoms with van der Waals surface area (Å²) in [4.78, 5) is 0. The van der Waals surface area contributed by atoms with Crippen molar-refractivity contribution in [1.29, 1.82) is 0 Å². The van der Waals surface area contributed by atoms with Crippen molar-refractivity contribution in [3.05, 3.63) is 28.2 Å². The molecule has 1 aliphatic heterocycles. The molecule has 1 N–H and O–H groups in total. The zero-order valence-electron chi connectivity index (χ0n) is 9.60. The lowest BCUT2D eigenvalue weighted by Gasteiger charge is -2.22. The highest BCUT2D eigenvalue weighted by Crippen LogP contribution is 2.41. The number of benzene rings is 1. The lowest BCUT2D eigenvalue weighted by Crippen LogP contribution is -2.13. The van der Waals surface area contributed by atoms with Crippen molar-refractivity contribution in [3.63, 3.8) is 0 Å². The van der Waals surface area contributed by atoms with E-state index in [1.165, 1.54) is 22.1 Å². The Morgan fingerprint density at radius 1 is 1.40 bits per heavy atom. The molecule has 0 aromatic heterocycles. The number of halogens is 1. The van der Waals surface area contributed by atoms with Gasteiger partial charge in [0, 0.05) is 16.9 Å². The van der Waals surface area contributed by atoms with Gasteiger partial charge in [0.25, 0.3) is 0 Å². The first kappa shape index (κ1) is 11.0. The molecule has 1 nitrogen and oxygen atoms in total. The largest absolute Gasteiger partial charge is 0.383 e. The van der Waals surface area contributed by atoms with Gasteiger partial charge in [0.05, 0.1) is 5.69 Å². The van der Waals surface area contributed by atoms with Crippen LogP contribution >= 0.6 is 15.9 Å². The van der Waals surface area contributed by atoms with Crippen molar-refractivity contribution in [2.45, 2.75) is 33.1 Å². The van der Waals surface area contributed by atoms with Crippen LogP contribution in [-0.2, 0) is 0 Å². The highest BCUT2D eigenvalue weighted by atomic mass is 79.9. The van der Waals surface area contributed by atoms with Crippen molar-refractivity contribution in [2.75, 3.05) is 11.9 Å². The number of rotatable bonds is 1. The van der Waals surface area contributed by atoms with Gasteiger partial charge in [0.1, 0.15) is 0 Å². The van der Waals surface area contributed by atoms with Gasteiger partial charge < -0.3 is 5.32 Å². The molecule has 0 amide bonds. The van der Waals surface area contributed by atoms with Crippen LogP contribution in [0.25, 0.3) is 0 Å². The van der Waals surface area contributed by atoms with Gasteiger partial charge in [-0.25, -0.2) is 0 Å². The number of anilines is 1. The van der Waals surface area contributed by atoms with Gasteiger partial charge in [-0.2, -0.15) is 0 Å². The third-order valence-electron chi connectivity index (χ3n) is 2.87. The molecule has 0 fully saturated rings. The number of hydrogen-bond donors (Lipinski definition) is 1. The molecule has 0 saturated heterocycles. The molecule has 0 saturated carbocycles. The predicted molar refractivity (Wildman–Crippen MR) is 69.4 cm³/mol. The third kappa shape index (κ3) is 2.36. The number of nitrogens with one attached hydrogen (secondary N) is 1. The quantitative estimate of drug-likeness (QED) is 0.796. The van der Waals surface area contributed by atoms with Gasteiger partial charge in [0.15, 0.2) is 0 Å². The van der Waals surface area contributed by atoms with Crippen LogP contribution < -0.4 is 5.32 Å². The Kier molecular flexibility index (Phi) is 2.80. The molecule has 2 rings (SSSR count). The number of hydrogen-bond acceptors (Lipinski definition) is 1. The molecule has 0 aliphatic carbocycles. The highest BCUT2D eigenvalue weighted by Gasteiger charge is 2.27. The minimum Gasteiger partial charge on any atom is -0.383 e. The fourth-order valence-electron chi connectivity index (χ4n) is 2.32. The topological polar surface area (TPSA) is 12.0 Å². The minimum absolute atomic E-state index is 0.399. The summed E-state index contributed by atoms with van der Waals surface area (Å²) in [6.45, 7) is 8.00. The molecule has 1 aliphatic rings. The van der Waals surface area contributed by atoms with Crippen molar-refractivity contribution in [1.82, 2.24) is 0 Å². The van der Waals surface area contributed by atoms with Crippen molar-refractivity contribution < 1.29 is 0 Å². The molecule has 0 bridgehead atoms. The second kappa shape index (κ2) is 3.82. The van der Waals surface area contributed by atoms with Crippen molar-refractivity contribution in [3.8, 4) is 0 Å². The van der Waals surface area contributed by atoms with E-state index >= 15 is 0 Å². The van der Waals surface area contributed by atoms with E-state index in [9.17, 15) is 0 Å². The fraction of sp³-hybridized carbons (Fsp3) is 0.538. The first-order chi connectivity index (χ1) is 6.97. The summed E-state index contributed by atoms with van der Waals surface area (Å²) in [5.41, 5.74) is 3.17. The Hall–Kier alpha value is -0.500. The lowest BCUT2D eigenvalue weighted by atomic mass is 9.82. The summed E-state index contributed by atoms with van der Waals surface area (Å²) in [5.74, 6) is 0.664. The molecule has 2 heteroatoms. The second-order valence-corrected chi connectivity index (χ2v) is 6.40. The van der Waals surface area contributed by atoms with Crippen LogP contribution in [0.2, 0.25) is 0 Å². The van der Waals surface area contributed by atoms with E-state index in [4.69, 9.17) is 0 Å². The van der Waals surface area contributed by atoms with Crippen LogP contribution in [0.15, 0.2) is 22.7 Å². The van der Waals surface area contributed by atoms with E-state index in [0.717, 1.165) is 6.54 Å². The van der Waals surface area contributed by atoms with Crippen molar-refractivity contribution >= 4 is 21.6 Å². The molecule has 1 aromatic rings. The molecule has 0 spiro atoms. The molecule has 0 radical (unpaired) electrons. The predicted octanol–water partition coefficient (Wildman–Crippen LogP) is 4.39. The summed E-state index contributed by atoms with van der Waals surface area (Å²) in [5, 5.41) is 3.49. The average molecular weight is 268 g/mol. The van der Waals surface area contributed by atoms with E-state index < -0.39 is 0 Å². The molecule has 15 heavy (non-hydrogen) atoms. The normalized spacial score (nSPS) is 19.9. The fourth-order valence-corrected chi connectivity index (χ4v) is 2.85. The third-order valence-corrected chi connectivity index (χ3v) is 3.53. The minimum atomic E-state index is 0.399. The summed E-state index contributed by atoms with van der Waals surface area (Å²) < 4.78 is 1.19. The molecule has 82 valence electrons. The van der Waals surface area contributed by atoms with E-state index in [0.29, 0.717) is 11.3 Å². The molecule has 1 unspecified atom stereocenters. The maximum absolute atomic E-state index is 3.59. The van der Waals surface area contributed by atoms with E-state index in [-0.39, 0.29) is 0 Å². The molecule has 1 aromatic carbocycles. The standard InChI is InChI=1S/C13H18BrN/c1-13(2,3)7-9-8-15-12-10(9)5-4-6-11(12)14/h4-6,9,15H,7-8H2,1-3H3. The van der Waals surface area contributed by atoms with Gasteiger partial charge in [-0.3, -0.25) is 0 Å². The average Bonchev–Trinajstić information content (AvgIpc) is 2.48. The van der Waals surface area contributed by atoms with Gasteiger partial charge in [-0.05, 0) is 39.4 Å². The maximum Gasteiger partial charge on any atom is 0.0520 e. The Morgan fingerprint density at radius 2 is 2.13 bits per heavy atom. The summed E-state index contributed by atoms with van der Waals surface area (Å²) >= 11 is 3.59. The maximum atomic E-state index is 3.59. The van der Waals surface area contributed by atoms with E-state index in [2.05, 4.69) is 60.2 Å². The molecular weight excluding hydrogens is 250 g/mol. The van der Waals surface area contributed by atoms with Crippen LogP contribution in [0, 0.1) is 5.41 Å². The first-order valence-corrected chi connectivity index (χ1v) is 6.29. The monoisotopic (exact) mass is 267 g/mol. The summed E-state index contributed by atoms with van der Waals surface area (Å²) in [6, 6.07) is 6.48. The SMILES string of the molecule is CC(C)(C)CC1CNc2c(Br)cccc21. The number of fused-ring (bicyclic) bond motifs is 1. The lowest BCUT2D eigenvalue weighted by molar-refractivity contribution is 0.348. The second-order valence-electron chi connectivity index (χ2n) is 5.55. The summed E-state index contributed by atoms with van der Waals surface area (Å²) in [6.07, 6.45) is 1.24. The number of para-hydroxylation sites is 1. The molecule has 1 heterocycles. The first-order valence-electron chi connectivity index (χ1n) is 5.50. The zero-order valence-corrected chi connectivity index (χ0v) is 11.2. The Bertz CT molecular complexity index is 365. The van der Waals surface area contributed by atoms with Crippen LogP contribution in [-0.4, -0.2) is 6.54 Å². The van der Waals surface area contributed by atoms with Gasteiger partial charge in [-0.1, -0.05) is 32.9 Å².